The second-order valence-corrected chi connectivity index (χ2v) is 3.99. The van der Waals surface area contributed by atoms with Gasteiger partial charge in [-0.3, -0.25) is 0 Å². The Morgan fingerprint density at radius 3 is 1.41 bits per heavy atom. The molecule has 17 heavy (non-hydrogen) atoms. The number of hydrogen-bond acceptors (Lipinski definition) is 3. The maximum atomic E-state index is 11.5. The molecule has 0 heterocycles. The van der Waals surface area contributed by atoms with Gasteiger partial charge >= 0.3 is 8.25 Å². The number of hydrogen-bond donors (Lipinski definition) is 0. The van der Waals surface area contributed by atoms with E-state index in [1.165, 1.54) is 0 Å². The molecule has 0 saturated carbocycles. The van der Waals surface area contributed by atoms with Crippen molar-refractivity contribution in [1.82, 2.24) is 0 Å². The standard InChI is InChI=1S/C12H11O3P.Sm/c13-16(14-11-7-3-1-4-8-11)15-12-9-5-2-6-10-12;/h1-10,16H;. The van der Waals surface area contributed by atoms with Crippen molar-refractivity contribution in [3.63, 3.8) is 0 Å². The van der Waals surface area contributed by atoms with Gasteiger partial charge in [0.25, 0.3) is 0 Å². The Bertz CT molecular complexity index is 418. The molecular weight excluding hydrogens is 373 g/mol. The molecule has 2 aromatic rings. The van der Waals surface area contributed by atoms with Gasteiger partial charge in [-0.05, 0) is 24.3 Å². The van der Waals surface area contributed by atoms with Gasteiger partial charge in [0.05, 0.1) is 0 Å². The van der Waals surface area contributed by atoms with E-state index in [9.17, 15) is 4.57 Å². The first kappa shape index (κ1) is 14.7. The summed E-state index contributed by atoms with van der Waals surface area (Å²) in [5.74, 6) is 1.09. The number of benzene rings is 2. The van der Waals surface area contributed by atoms with E-state index in [1.807, 2.05) is 36.4 Å². The fraction of sp³-hybridized carbons (Fsp3) is 0. The summed E-state index contributed by atoms with van der Waals surface area (Å²) in [5.41, 5.74) is 0. The van der Waals surface area contributed by atoms with Crippen LogP contribution in [-0.2, 0) is 4.57 Å². The summed E-state index contributed by atoms with van der Waals surface area (Å²) in [7, 11) is -2.54. The summed E-state index contributed by atoms with van der Waals surface area (Å²) in [4.78, 5) is 0. The summed E-state index contributed by atoms with van der Waals surface area (Å²) in [6.45, 7) is 0. The van der Waals surface area contributed by atoms with Crippen LogP contribution in [0.5, 0.6) is 11.5 Å². The quantitative estimate of drug-likeness (QED) is 0.757. The zero-order chi connectivity index (χ0) is 11.2. The van der Waals surface area contributed by atoms with Crippen molar-refractivity contribution < 1.29 is 54.0 Å². The molecule has 0 aliphatic carbocycles. The largest absolute Gasteiger partial charge is 0.418 e. The first-order valence-corrected chi connectivity index (χ1v) is 6.07. The average Bonchev–Trinajstić information content (AvgIpc) is 2.31. The van der Waals surface area contributed by atoms with Gasteiger partial charge in [-0.25, -0.2) is 4.57 Å². The summed E-state index contributed by atoms with van der Waals surface area (Å²) in [6.07, 6.45) is 0. The molecule has 2 aromatic carbocycles. The van der Waals surface area contributed by atoms with Crippen molar-refractivity contribution in [2.24, 2.45) is 0 Å². The van der Waals surface area contributed by atoms with Crippen molar-refractivity contribution in [1.29, 1.82) is 0 Å². The minimum Gasteiger partial charge on any atom is -0.418 e. The molecule has 0 aliphatic rings. The third-order valence-electron chi connectivity index (χ3n) is 1.89. The van der Waals surface area contributed by atoms with E-state index in [0.29, 0.717) is 11.5 Å². The topological polar surface area (TPSA) is 35.5 Å². The Morgan fingerprint density at radius 1 is 0.706 bits per heavy atom. The monoisotopic (exact) mass is 386 g/mol. The zero-order valence-corrected chi connectivity index (χ0v) is 12.5. The van der Waals surface area contributed by atoms with E-state index >= 15 is 0 Å². The van der Waals surface area contributed by atoms with Crippen LogP contribution < -0.4 is 9.05 Å². The van der Waals surface area contributed by atoms with Crippen LogP contribution in [0, 0.1) is 40.4 Å². The molecule has 3 nitrogen and oxygen atoms in total. The SMILES string of the molecule is O=[PH](Oc1ccccc1)Oc1ccccc1.[Sm]. The number of rotatable bonds is 4. The molecule has 0 fully saturated rings. The Hall–Kier alpha value is -0.392. The average molecular weight is 385 g/mol. The first-order chi connectivity index (χ1) is 7.84. The van der Waals surface area contributed by atoms with Gasteiger partial charge in [0, 0.05) is 40.4 Å². The fourth-order valence-electron chi connectivity index (χ4n) is 1.19. The van der Waals surface area contributed by atoms with E-state index in [-0.39, 0.29) is 40.4 Å². The molecule has 0 aromatic heterocycles. The molecule has 2 rings (SSSR count). The van der Waals surface area contributed by atoms with Crippen molar-refractivity contribution >= 4 is 8.25 Å². The fourth-order valence-corrected chi connectivity index (χ4v) is 1.89. The molecule has 0 aliphatic heterocycles. The Morgan fingerprint density at radius 2 is 1.06 bits per heavy atom. The third-order valence-corrected chi connectivity index (χ3v) is 2.69. The van der Waals surface area contributed by atoms with Crippen LogP contribution in [-0.4, -0.2) is 0 Å². The Kier molecular flexibility index (Phi) is 6.77. The first-order valence-electron chi connectivity index (χ1n) is 4.84. The van der Waals surface area contributed by atoms with Gasteiger partial charge in [0.2, 0.25) is 0 Å². The molecular formula is C12H11O3PSm. The van der Waals surface area contributed by atoms with Crippen LogP contribution in [0.3, 0.4) is 0 Å². The second-order valence-electron chi connectivity index (χ2n) is 3.08. The van der Waals surface area contributed by atoms with Gasteiger partial charge in [0.1, 0.15) is 11.5 Å². The van der Waals surface area contributed by atoms with Gasteiger partial charge < -0.3 is 9.05 Å². The summed E-state index contributed by atoms with van der Waals surface area (Å²) >= 11 is 0. The van der Waals surface area contributed by atoms with Crippen LogP contribution in [0.15, 0.2) is 60.7 Å². The van der Waals surface area contributed by atoms with E-state index in [2.05, 4.69) is 0 Å². The molecule has 0 unspecified atom stereocenters. The second kappa shape index (κ2) is 7.84. The van der Waals surface area contributed by atoms with Crippen LogP contribution in [0.1, 0.15) is 0 Å². The van der Waals surface area contributed by atoms with Gasteiger partial charge in [0.15, 0.2) is 0 Å². The Balaban J connectivity index is 0.00000144. The van der Waals surface area contributed by atoms with Crippen LogP contribution in [0.4, 0.5) is 0 Å². The van der Waals surface area contributed by atoms with Crippen molar-refractivity contribution in [3.8, 4) is 11.5 Å². The molecule has 0 saturated heterocycles. The zero-order valence-electron chi connectivity index (χ0n) is 8.91. The van der Waals surface area contributed by atoms with Crippen molar-refractivity contribution in [3.05, 3.63) is 60.7 Å². The van der Waals surface area contributed by atoms with Gasteiger partial charge in [-0.15, -0.1) is 0 Å². The molecule has 0 amide bonds. The van der Waals surface area contributed by atoms with Crippen LogP contribution in [0.25, 0.3) is 0 Å². The van der Waals surface area contributed by atoms with E-state index < -0.39 is 8.25 Å². The minimum absolute atomic E-state index is 0. The smallest absolute Gasteiger partial charge is 0.418 e. The summed E-state index contributed by atoms with van der Waals surface area (Å²) in [6, 6.07) is 17.9. The molecule has 0 bridgehead atoms. The molecule has 0 N–H and O–H groups in total. The third kappa shape index (κ3) is 5.19. The summed E-state index contributed by atoms with van der Waals surface area (Å²) in [5, 5.41) is 0. The maximum Gasteiger partial charge on any atom is 0.418 e. The minimum atomic E-state index is -2.54. The van der Waals surface area contributed by atoms with E-state index in [4.69, 9.17) is 9.05 Å². The maximum absolute atomic E-state index is 11.5. The molecule has 5 heteroatoms. The molecule has 0 atom stereocenters. The Labute approximate surface area is 133 Å². The van der Waals surface area contributed by atoms with Crippen molar-refractivity contribution in [2.75, 3.05) is 0 Å². The predicted octanol–water partition coefficient (Wildman–Crippen LogP) is 3.53. The number of para-hydroxylation sites is 2. The van der Waals surface area contributed by atoms with Crippen molar-refractivity contribution in [2.45, 2.75) is 0 Å². The van der Waals surface area contributed by atoms with Gasteiger partial charge in [-0.2, -0.15) is 0 Å². The van der Waals surface area contributed by atoms with E-state index in [0.717, 1.165) is 0 Å². The predicted molar refractivity (Wildman–Crippen MR) is 63.1 cm³/mol. The van der Waals surface area contributed by atoms with E-state index in [1.54, 1.807) is 24.3 Å². The normalized spacial score (nSPS) is 9.47. The van der Waals surface area contributed by atoms with Gasteiger partial charge in [-0.1, -0.05) is 36.4 Å². The molecule has 0 spiro atoms. The van der Waals surface area contributed by atoms with Crippen LogP contribution >= 0.6 is 8.25 Å². The summed E-state index contributed by atoms with van der Waals surface area (Å²) < 4.78 is 21.8. The molecule has 0 radical (unpaired) electrons. The molecule has 88 valence electrons. The van der Waals surface area contributed by atoms with Crippen LogP contribution in [0.2, 0.25) is 0 Å².